The highest BCUT2D eigenvalue weighted by Gasteiger charge is 2.37. The standard InChI is InChI=1S/C10H19NO/c1-9(2,3)8(7-11-12)10(4,5)6/h8H,1-6H3. The van der Waals surface area contributed by atoms with Crippen LogP contribution >= 0.6 is 0 Å². The maximum Gasteiger partial charge on any atom is 0.302 e. The zero-order chi connectivity index (χ0) is 9.99. The molecule has 0 N–H and O–H groups in total. The summed E-state index contributed by atoms with van der Waals surface area (Å²) in [7, 11) is 0. The van der Waals surface area contributed by atoms with Gasteiger partial charge in [0.25, 0.3) is 0 Å². The molecule has 0 rings (SSSR count). The van der Waals surface area contributed by atoms with Crippen LogP contribution in [0.5, 0.6) is 0 Å². The third-order valence-corrected chi connectivity index (χ3v) is 1.91. The van der Waals surface area contributed by atoms with Crippen LogP contribution in [0.4, 0.5) is 0 Å². The predicted molar refractivity (Wildman–Crippen MR) is 53.0 cm³/mol. The minimum Gasteiger partial charge on any atom is -0.498 e. The lowest BCUT2D eigenvalue weighted by Crippen LogP contribution is -2.31. The molecule has 2 nitrogen and oxygen atoms in total. The largest absolute Gasteiger partial charge is 0.498 e. The van der Waals surface area contributed by atoms with E-state index in [4.69, 9.17) is 0 Å². The van der Waals surface area contributed by atoms with Crippen LogP contribution in [0.15, 0.2) is 0 Å². The summed E-state index contributed by atoms with van der Waals surface area (Å²) in [5, 5.41) is 12.9. The van der Waals surface area contributed by atoms with Gasteiger partial charge in [-0.25, -0.2) is 0 Å². The lowest BCUT2D eigenvalue weighted by Gasteiger charge is -2.33. The Kier molecular flexibility index (Phi) is 3.15. The fourth-order valence-electron chi connectivity index (χ4n) is 1.74. The Morgan fingerprint density at radius 2 is 1.33 bits per heavy atom. The topological polar surface area (TPSA) is 27.4 Å². The maximum atomic E-state index is 10.1. The Morgan fingerprint density at radius 1 is 1.00 bits per heavy atom. The van der Waals surface area contributed by atoms with Gasteiger partial charge in [-0.2, -0.15) is 0 Å². The van der Waals surface area contributed by atoms with E-state index in [2.05, 4.69) is 52.6 Å². The number of nitrogens with zero attached hydrogens (tertiary/aromatic N) is 1. The summed E-state index contributed by atoms with van der Waals surface area (Å²) in [4.78, 5) is 0. The Morgan fingerprint density at radius 3 is 1.42 bits per heavy atom. The van der Waals surface area contributed by atoms with E-state index in [0.717, 1.165) is 0 Å². The minimum atomic E-state index is 0.0478. The van der Waals surface area contributed by atoms with E-state index in [-0.39, 0.29) is 16.7 Å². The normalized spacial score (nSPS) is 12.6. The van der Waals surface area contributed by atoms with E-state index in [9.17, 15) is 5.21 Å². The van der Waals surface area contributed by atoms with Gasteiger partial charge in [-0.15, -0.1) is 0 Å². The molecule has 0 saturated heterocycles. The zero-order valence-electron chi connectivity index (χ0n) is 8.93. The monoisotopic (exact) mass is 169 g/mol. The Hall–Kier alpha value is -0.710. The van der Waals surface area contributed by atoms with Crippen LogP contribution in [-0.4, -0.2) is 0 Å². The van der Waals surface area contributed by atoms with Crippen molar-refractivity contribution in [3.63, 3.8) is 0 Å². The van der Waals surface area contributed by atoms with E-state index in [1.54, 1.807) is 0 Å². The Labute approximate surface area is 75.4 Å². The summed E-state index contributed by atoms with van der Waals surface area (Å²) >= 11 is 0. The third-order valence-electron chi connectivity index (χ3n) is 1.91. The number of rotatable bonds is 0. The van der Waals surface area contributed by atoms with Gasteiger partial charge in [0.2, 0.25) is 0 Å². The van der Waals surface area contributed by atoms with Crippen molar-refractivity contribution in [2.75, 3.05) is 0 Å². The zero-order valence-corrected chi connectivity index (χ0v) is 8.93. The fraction of sp³-hybridized carbons (Fsp3) is 0.900. The molecule has 0 aromatic rings. The summed E-state index contributed by atoms with van der Waals surface area (Å²) in [5.74, 6) is 0.0995. The van der Waals surface area contributed by atoms with Crippen LogP contribution in [0.3, 0.4) is 0 Å². The van der Waals surface area contributed by atoms with Crippen molar-refractivity contribution in [1.82, 2.24) is 0 Å². The van der Waals surface area contributed by atoms with Crippen molar-refractivity contribution in [2.24, 2.45) is 16.7 Å². The van der Waals surface area contributed by atoms with Gasteiger partial charge in [-0.05, 0) is 10.8 Å². The molecule has 0 saturated carbocycles. The first-order valence-electron chi connectivity index (χ1n) is 4.27. The molecule has 0 atom stereocenters. The highest BCUT2D eigenvalue weighted by molar-refractivity contribution is 5.04. The average Bonchev–Trinajstić information content (AvgIpc) is 1.77. The van der Waals surface area contributed by atoms with Crippen LogP contribution < -0.4 is 0 Å². The first kappa shape index (κ1) is 11.3. The lowest BCUT2D eigenvalue weighted by molar-refractivity contribution is 0.157. The predicted octanol–water partition coefficient (Wildman–Crippen LogP) is 3.53. The molecule has 0 aliphatic rings. The SMILES string of the molecule is CC(C)(C)C(C#[N+][O-])C(C)(C)C. The van der Waals surface area contributed by atoms with Gasteiger partial charge >= 0.3 is 6.07 Å². The molecule has 0 amide bonds. The summed E-state index contributed by atoms with van der Waals surface area (Å²) in [5.41, 5.74) is 0.0956. The lowest BCUT2D eigenvalue weighted by atomic mass is 9.67. The number of hydrogen-bond acceptors (Lipinski definition) is 1. The van der Waals surface area contributed by atoms with E-state index in [0.29, 0.717) is 0 Å². The second kappa shape index (κ2) is 3.35. The number of hydrogen-bond donors (Lipinski definition) is 0. The molecule has 0 aromatic carbocycles. The second-order valence-corrected chi connectivity index (χ2v) is 5.39. The quantitative estimate of drug-likeness (QED) is 0.510. The molecule has 0 aliphatic carbocycles. The van der Waals surface area contributed by atoms with Crippen LogP contribution in [0.25, 0.3) is 5.01 Å². The van der Waals surface area contributed by atoms with Crippen molar-refractivity contribution in [1.29, 1.82) is 0 Å². The van der Waals surface area contributed by atoms with Gasteiger partial charge < -0.3 is 5.21 Å². The maximum absolute atomic E-state index is 10.1. The molecule has 0 fully saturated rings. The highest BCUT2D eigenvalue weighted by atomic mass is 16.4. The molecule has 2 heteroatoms. The van der Waals surface area contributed by atoms with Crippen LogP contribution in [0.2, 0.25) is 0 Å². The molecule has 0 aliphatic heterocycles. The molecular weight excluding hydrogens is 150 g/mol. The summed E-state index contributed by atoms with van der Waals surface area (Å²) in [6.07, 6.45) is 0. The highest BCUT2D eigenvalue weighted by Crippen LogP contribution is 2.39. The van der Waals surface area contributed by atoms with E-state index >= 15 is 0 Å². The molecule has 0 heterocycles. The third kappa shape index (κ3) is 3.13. The van der Waals surface area contributed by atoms with Crippen molar-refractivity contribution in [3.05, 3.63) is 10.2 Å². The van der Waals surface area contributed by atoms with E-state index < -0.39 is 0 Å². The molecule has 0 spiro atoms. The van der Waals surface area contributed by atoms with Crippen molar-refractivity contribution >= 4 is 0 Å². The first-order valence-corrected chi connectivity index (χ1v) is 4.27. The van der Waals surface area contributed by atoms with Gasteiger partial charge in [-0.3, -0.25) is 0 Å². The molecule has 0 bridgehead atoms. The molecule has 12 heavy (non-hydrogen) atoms. The first-order chi connectivity index (χ1) is 5.19. The molecular formula is C10H19NO. The van der Waals surface area contributed by atoms with E-state index in [1.165, 1.54) is 0 Å². The van der Waals surface area contributed by atoms with Gasteiger partial charge in [0.05, 0.1) is 0 Å². The van der Waals surface area contributed by atoms with Crippen LogP contribution in [0, 0.1) is 28.0 Å². The molecule has 70 valence electrons. The van der Waals surface area contributed by atoms with Gasteiger partial charge in [0, 0.05) is 5.01 Å². The Balaban J connectivity index is 4.78. The van der Waals surface area contributed by atoms with Crippen molar-refractivity contribution < 1.29 is 0 Å². The van der Waals surface area contributed by atoms with Crippen molar-refractivity contribution in [2.45, 2.75) is 41.5 Å². The summed E-state index contributed by atoms with van der Waals surface area (Å²) in [6, 6.07) is 2.63. The molecule has 0 unspecified atom stereocenters. The molecule has 0 radical (unpaired) electrons. The summed E-state index contributed by atoms with van der Waals surface area (Å²) in [6.45, 7) is 12.6. The molecule has 0 aromatic heterocycles. The van der Waals surface area contributed by atoms with E-state index in [1.807, 2.05) is 0 Å². The van der Waals surface area contributed by atoms with Gasteiger partial charge in [-0.1, -0.05) is 41.5 Å². The van der Waals surface area contributed by atoms with Crippen LogP contribution in [-0.2, 0) is 0 Å². The average molecular weight is 169 g/mol. The minimum absolute atomic E-state index is 0.0478. The van der Waals surface area contributed by atoms with Crippen LogP contribution in [0.1, 0.15) is 41.5 Å². The van der Waals surface area contributed by atoms with Crippen molar-refractivity contribution in [3.8, 4) is 6.07 Å². The summed E-state index contributed by atoms with van der Waals surface area (Å²) < 4.78 is 0. The Bertz CT molecular complexity index is 183. The smallest absolute Gasteiger partial charge is 0.302 e. The van der Waals surface area contributed by atoms with Gasteiger partial charge in [0.1, 0.15) is 5.92 Å². The second-order valence-electron chi connectivity index (χ2n) is 5.39. The fourth-order valence-corrected chi connectivity index (χ4v) is 1.74. The van der Waals surface area contributed by atoms with Gasteiger partial charge in [0.15, 0.2) is 0 Å².